The highest BCUT2D eigenvalue weighted by Gasteiger charge is 2.11. The molecule has 0 atom stereocenters. The molecule has 6 heteroatoms. The van der Waals surface area contributed by atoms with Gasteiger partial charge in [-0.3, -0.25) is 9.88 Å². The second-order valence-corrected chi connectivity index (χ2v) is 6.08. The average molecular weight is 327 g/mol. The van der Waals surface area contributed by atoms with Gasteiger partial charge in [0.1, 0.15) is 5.82 Å². The van der Waals surface area contributed by atoms with Crippen molar-refractivity contribution in [2.75, 3.05) is 44.7 Å². The van der Waals surface area contributed by atoms with Crippen LogP contribution in [0.15, 0.2) is 24.5 Å². The Hall–Kier alpha value is -2.05. The zero-order valence-corrected chi connectivity index (χ0v) is 14.5. The van der Waals surface area contributed by atoms with Crippen LogP contribution in [-0.2, 0) is 4.74 Å². The van der Waals surface area contributed by atoms with Gasteiger partial charge in [0.2, 0.25) is 0 Å². The minimum atomic E-state index is 0.742. The Morgan fingerprint density at radius 2 is 1.96 bits per heavy atom. The smallest absolute Gasteiger partial charge is 0.161 e. The Morgan fingerprint density at radius 3 is 2.79 bits per heavy atom. The molecule has 0 aromatic carbocycles. The molecule has 3 heterocycles. The van der Waals surface area contributed by atoms with Crippen molar-refractivity contribution in [2.45, 2.75) is 20.3 Å². The maximum absolute atomic E-state index is 5.50. The monoisotopic (exact) mass is 327 g/mol. The highest BCUT2D eigenvalue weighted by Crippen LogP contribution is 2.21. The van der Waals surface area contributed by atoms with Crippen LogP contribution < -0.4 is 5.32 Å². The van der Waals surface area contributed by atoms with Gasteiger partial charge in [-0.2, -0.15) is 0 Å². The molecule has 1 fully saturated rings. The molecule has 1 aliphatic rings. The number of anilines is 1. The number of ether oxygens (including phenoxy) is 1. The number of nitrogens with one attached hydrogen (secondary N) is 1. The number of hydrogen-bond donors (Lipinski definition) is 1. The van der Waals surface area contributed by atoms with Gasteiger partial charge < -0.3 is 10.1 Å². The Bertz CT molecular complexity index is 654. The third kappa shape index (κ3) is 4.27. The number of aryl methyl sites for hydroxylation is 1. The number of nitrogens with zero attached hydrogens (tertiary/aromatic N) is 4. The van der Waals surface area contributed by atoms with E-state index < -0.39 is 0 Å². The Labute approximate surface area is 143 Å². The maximum atomic E-state index is 5.50. The first kappa shape index (κ1) is 16.8. The summed E-state index contributed by atoms with van der Waals surface area (Å²) >= 11 is 0. The van der Waals surface area contributed by atoms with E-state index in [0.717, 1.165) is 74.3 Å². The first-order valence-corrected chi connectivity index (χ1v) is 8.53. The van der Waals surface area contributed by atoms with Gasteiger partial charge in [0.25, 0.3) is 0 Å². The molecular weight excluding hydrogens is 302 g/mol. The van der Waals surface area contributed by atoms with Crippen LogP contribution in [0.3, 0.4) is 0 Å². The molecule has 0 radical (unpaired) electrons. The summed E-state index contributed by atoms with van der Waals surface area (Å²) < 4.78 is 5.50. The van der Waals surface area contributed by atoms with E-state index in [2.05, 4.69) is 27.1 Å². The predicted molar refractivity (Wildman–Crippen MR) is 95.1 cm³/mol. The molecule has 0 saturated carbocycles. The van der Waals surface area contributed by atoms with Gasteiger partial charge in [0.05, 0.1) is 6.61 Å². The van der Waals surface area contributed by atoms with Gasteiger partial charge in [0.15, 0.2) is 5.82 Å². The lowest BCUT2D eigenvalue weighted by molar-refractivity contribution is 0.142. The average Bonchev–Trinajstić information content (AvgIpc) is 2.88. The highest BCUT2D eigenvalue weighted by molar-refractivity contribution is 5.59. The quantitative estimate of drug-likeness (QED) is 0.909. The van der Waals surface area contributed by atoms with Gasteiger partial charge in [-0.15, -0.1) is 0 Å². The van der Waals surface area contributed by atoms with Crippen LogP contribution in [0, 0.1) is 13.8 Å². The van der Waals surface area contributed by atoms with E-state index in [4.69, 9.17) is 9.72 Å². The van der Waals surface area contributed by atoms with Crippen LogP contribution in [0.2, 0.25) is 0 Å². The molecule has 0 unspecified atom stereocenters. The van der Waals surface area contributed by atoms with Crippen LogP contribution in [0.4, 0.5) is 5.82 Å². The number of pyridine rings is 1. The lowest BCUT2D eigenvalue weighted by Crippen LogP contribution is -2.31. The van der Waals surface area contributed by atoms with Crippen LogP contribution >= 0.6 is 0 Å². The fourth-order valence-corrected chi connectivity index (χ4v) is 2.78. The SMILES string of the molecule is Cc1nc(-c2ccncc2)nc(NCCN2CCCOCC2)c1C. The van der Waals surface area contributed by atoms with Crippen molar-refractivity contribution in [1.29, 1.82) is 0 Å². The van der Waals surface area contributed by atoms with Crippen LogP contribution in [0.1, 0.15) is 17.7 Å². The molecule has 6 nitrogen and oxygen atoms in total. The summed E-state index contributed by atoms with van der Waals surface area (Å²) in [6, 6.07) is 3.87. The van der Waals surface area contributed by atoms with Gasteiger partial charge in [-0.05, 0) is 32.4 Å². The highest BCUT2D eigenvalue weighted by atomic mass is 16.5. The normalized spacial score (nSPS) is 15.9. The lowest BCUT2D eigenvalue weighted by Gasteiger charge is -2.20. The van der Waals surface area contributed by atoms with E-state index in [1.165, 1.54) is 0 Å². The van der Waals surface area contributed by atoms with E-state index in [1.54, 1.807) is 12.4 Å². The van der Waals surface area contributed by atoms with Gasteiger partial charge in [0, 0.05) is 62.0 Å². The molecule has 2 aromatic rings. The van der Waals surface area contributed by atoms with Crippen molar-refractivity contribution in [1.82, 2.24) is 19.9 Å². The van der Waals surface area contributed by atoms with Crippen molar-refractivity contribution in [2.24, 2.45) is 0 Å². The van der Waals surface area contributed by atoms with E-state index in [0.29, 0.717) is 0 Å². The molecule has 3 rings (SSSR count). The van der Waals surface area contributed by atoms with E-state index >= 15 is 0 Å². The fourth-order valence-electron chi connectivity index (χ4n) is 2.78. The Balaban J connectivity index is 1.67. The fraction of sp³-hybridized carbons (Fsp3) is 0.500. The summed E-state index contributed by atoms with van der Waals surface area (Å²) in [5.41, 5.74) is 3.09. The molecule has 24 heavy (non-hydrogen) atoms. The maximum Gasteiger partial charge on any atom is 0.161 e. The second-order valence-electron chi connectivity index (χ2n) is 6.08. The molecule has 1 N–H and O–H groups in total. The summed E-state index contributed by atoms with van der Waals surface area (Å²) in [7, 11) is 0. The second kappa shape index (κ2) is 8.17. The standard InChI is InChI=1S/C18H25N5O/c1-14-15(2)21-18(16-4-6-19-7-5-16)22-17(14)20-8-10-23-9-3-12-24-13-11-23/h4-7H,3,8-13H2,1-2H3,(H,20,21,22). The largest absolute Gasteiger partial charge is 0.380 e. The summed E-state index contributed by atoms with van der Waals surface area (Å²) in [5, 5.41) is 3.48. The molecule has 0 spiro atoms. The number of rotatable bonds is 5. The summed E-state index contributed by atoms with van der Waals surface area (Å²) in [6.45, 7) is 9.77. The molecule has 1 saturated heterocycles. The molecule has 0 amide bonds. The van der Waals surface area contributed by atoms with Gasteiger partial charge in [-0.25, -0.2) is 9.97 Å². The van der Waals surface area contributed by atoms with E-state index in [-0.39, 0.29) is 0 Å². The van der Waals surface area contributed by atoms with Crippen molar-refractivity contribution >= 4 is 5.82 Å². The zero-order chi connectivity index (χ0) is 16.8. The van der Waals surface area contributed by atoms with E-state index in [1.807, 2.05) is 19.1 Å². The Kier molecular flexibility index (Phi) is 5.72. The molecule has 2 aromatic heterocycles. The molecular formula is C18H25N5O. The molecule has 1 aliphatic heterocycles. The molecule has 128 valence electrons. The third-order valence-electron chi connectivity index (χ3n) is 4.36. The first-order chi connectivity index (χ1) is 11.7. The van der Waals surface area contributed by atoms with Crippen LogP contribution in [0.5, 0.6) is 0 Å². The molecule has 0 bridgehead atoms. The van der Waals surface area contributed by atoms with Crippen molar-refractivity contribution in [3.63, 3.8) is 0 Å². The van der Waals surface area contributed by atoms with Crippen molar-refractivity contribution < 1.29 is 4.74 Å². The number of hydrogen-bond acceptors (Lipinski definition) is 6. The first-order valence-electron chi connectivity index (χ1n) is 8.53. The molecule has 0 aliphatic carbocycles. The Morgan fingerprint density at radius 1 is 1.12 bits per heavy atom. The lowest BCUT2D eigenvalue weighted by atomic mass is 10.2. The minimum absolute atomic E-state index is 0.742. The van der Waals surface area contributed by atoms with Gasteiger partial charge >= 0.3 is 0 Å². The van der Waals surface area contributed by atoms with E-state index in [9.17, 15) is 0 Å². The summed E-state index contributed by atoms with van der Waals surface area (Å²) in [5.74, 6) is 1.66. The van der Waals surface area contributed by atoms with Crippen LogP contribution in [0.25, 0.3) is 11.4 Å². The number of aromatic nitrogens is 3. The predicted octanol–water partition coefficient (Wildman–Crippen LogP) is 2.29. The van der Waals surface area contributed by atoms with Gasteiger partial charge in [-0.1, -0.05) is 0 Å². The minimum Gasteiger partial charge on any atom is -0.380 e. The van der Waals surface area contributed by atoms with Crippen molar-refractivity contribution in [3.05, 3.63) is 35.8 Å². The zero-order valence-electron chi connectivity index (χ0n) is 14.5. The third-order valence-corrected chi connectivity index (χ3v) is 4.36. The summed E-state index contributed by atoms with van der Waals surface area (Å²) in [4.78, 5) is 15.8. The summed E-state index contributed by atoms with van der Waals surface area (Å²) in [6.07, 6.45) is 4.64. The van der Waals surface area contributed by atoms with Crippen molar-refractivity contribution in [3.8, 4) is 11.4 Å². The topological polar surface area (TPSA) is 63.2 Å². The van der Waals surface area contributed by atoms with Crippen LogP contribution in [-0.4, -0.2) is 59.2 Å².